The summed E-state index contributed by atoms with van der Waals surface area (Å²) >= 11 is 2.24. The lowest BCUT2D eigenvalue weighted by Crippen LogP contribution is -2.38. The maximum Gasteiger partial charge on any atom is 0.329 e. The van der Waals surface area contributed by atoms with E-state index in [0.717, 1.165) is 19.6 Å². The van der Waals surface area contributed by atoms with Gasteiger partial charge in [0.2, 0.25) is 5.91 Å². The molecule has 4 amide bonds. The summed E-state index contributed by atoms with van der Waals surface area (Å²) in [6, 6.07) is 21.9. The Bertz CT molecular complexity index is 1270. The zero-order chi connectivity index (χ0) is 24.1. The summed E-state index contributed by atoms with van der Waals surface area (Å²) in [5.74, 6) is -0.459. The van der Waals surface area contributed by atoms with Crippen molar-refractivity contribution in [1.82, 2.24) is 10.2 Å². The maximum atomic E-state index is 12.8. The Labute approximate surface area is 210 Å². The quantitative estimate of drug-likeness (QED) is 0.246. The van der Waals surface area contributed by atoms with Gasteiger partial charge in [-0.25, -0.2) is 9.69 Å². The Morgan fingerprint density at radius 3 is 2.59 bits per heavy atom. The third-order valence-electron chi connectivity index (χ3n) is 5.09. The second kappa shape index (κ2) is 10.5. The highest BCUT2D eigenvalue weighted by atomic mass is 127. The number of aryl methyl sites for hydroxylation is 1. The molecule has 1 saturated heterocycles. The Hall–Kier alpha value is -3.66. The molecule has 8 heteroatoms. The molecular formula is C26H22IN3O4. The molecule has 0 saturated carbocycles. The van der Waals surface area contributed by atoms with Gasteiger partial charge in [-0.3, -0.25) is 9.59 Å². The second-order valence-electron chi connectivity index (χ2n) is 7.75. The Kier molecular flexibility index (Phi) is 7.27. The number of nitrogens with zero attached hydrogens (tertiary/aromatic N) is 1. The van der Waals surface area contributed by atoms with E-state index in [1.54, 1.807) is 24.3 Å². The highest BCUT2D eigenvalue weighted by molar-refractivity contribution is 14.1. The fraction of sp³-hybridized carbons (Fsp3) is 0.115. The normalized spacial score (nSPS) is 14.3. The van der Waals surface area contributed by atoms with Gasteiger partial charge in [-0.05, 0) is 77.0 Å². The van der Waals surface area contributed by atoms with Gasteiger partial charge in [0.25, 0.3) is 5.91 Å². The lowest BCUT2D eigenvalue weighted by Gasteiger charge is -2.12. The SMILES string of the molecule is Cc1cccc(NC(=O)CN2C(=O)N/C(=C/c3ccccc3OCc3ccc(I)cc3)C2=O)c1. The minimum absolute atomic E-state index is 0.0821. The number of imide groups is 1. The molecule has 172 valence electrons. The van der Waals surface area contributed by atoms with Crippen LogP contribution in [0.25, 0.3) is 6.08 Å². The average Bonchev–Trinajstić information content (AvgIpc) is 3.07. The number of anilines is 1. The van der Waals surface area contributed by atoms with Crippen molar-refractivity contribution in [3.63, 3.8) is 0 Å². The summed E-state index contributed by atoms with van der Waals surface area (Å²) in [7, 11) is 0. The topological polar surface area (TPSA) is 87.7 Å². The third kappa shape index (κ3) is 5.82. The van der Waals surface area contributed by atoms with Crippen LogP contribution in [0, 0.1) is 10.5 Å². The van der Waals surface area contributed by atoms with Crippen LogP contribution in [0.15, 0.2) is 78.5 Å². The van der Waals surface area contributed by atoms with Crippen LogP contribution < -0.4 is 15.4 Å². The van der Waals surface area contributed by atoms with Crippen LogP contribution in [0.1, 0.15) is 16.7 Å². The van der Waals surface area contributed by atoms with Crippen LogP contribution >= 0.6 is 22.6 Å². The highest BCUT2D eigenvalue weighted by Gasteiger charge is 2.35. The summed E-state index contributed by atoms with van der Waals surface area (Å²) in [6.45, 7) is 1.88. The molecular weight excluding hydrogens is 545 g/mol. The number of nitrogens with one attached hydrogen (secondary N) is 2. The van der Waals surface area contributed by atoms with Gasteiger partial charge in [-0.15, -0.1) is 0 Å². The second-order valence-corrected chi connectivity index (χ2v) is 9.00. The molecule has 1 aliphatic heterocycles. The highest BCUT2D eigenvalue weighted by Crippen LogP contribution is 2.24. The molecule has 0 atom stereocenters. The van der Waals surface area contributed by atoms with Crippen LogP contribution in [0.4, 0.5) is 10.5 Å². The van der Waals surface area contributed by atoms with E-state index in [4.69, 9.17) is 4.74 Å². The first kappa shape index (κ1) is 23.5. The van der Waals surface area contributed by atoms with Gasteiger partial charge in [0, 0.05) is 14.8 Å². The molecule has 3 aromatic rings. The minimum atomic E-state index is -0.645. The molecule has 2 N–H and O–H groups in total. The van der Waals surface area contributed by atoms with Crippen molar-refractivity contribution in [1.29, 1.82) is 0 Å². The number of ether oxygens (including phenoxy) is 1. The molecule has 1 aliphatic rings. The van der Waals surface area contributed by atoms with Crippen LogP contribution in [0.2, 0.25) is 0 Å². The van der Waals surface area contributed by atoms with Crippen molar-refractivity contribution in [3.05, 3.63) is 98.8 Å². The van der Waals surface area contributed by atoms with E-state index in [9.17, 15) is 14.4 Å². The predicted octanol–water partition coefficient (Wildman–Crippen LogP) is 4.71. The molecule has 3 aromatic carbocycles. The maximum absolute atomic E-state index is 12.8. The summed E-state index contributed by atoms with van der Waals surface area (Å²) in [4.78, 5) is 38.5. The first-order chi connectivity index (χ1) is 16.4. The molecule has 0 unspecified atom stereocenters. The number of carbonyl (C=O) groups excluding carboxylic acids is 3. The van der Waals surface area contributed by atoms with Crippen molar-refractivity contribution >= 4 is 52.2 Å². The van der Waals surface area contributed by atoms with E-state index in [2.05, 4.69) is 33.2 Å². The molecule has 0 radical (unpaired) electrons. The predicted molar refractivity (Wildman–Crippen MR) is 138 cm³/mol. The van der Waals surface area contributed by atoms with Gasteiger partial charge in [-0.2, -0.15) is 0 Å². The number of hydrogen-bond donors (Lipinski definition) is 2. The molecule has 0 bridgehead atoms. The smallest absolute Gasteiger partial charge is 0.329 e. The number of urea groups is 1. The van der Waals surface area contributed by atoms with Crippen molar-refractivity contribution in [2.75, 3.05) is 11.9 Å². The number of hydrogen-bond acceptors (Lipinski definition) is 4. The minimum Gasteiger partial charge on any atom is -0.488 e. The number of rotatable bonds is 7. The van der Waals surface area contributed by atoms with Crippen LogP contribution in [0.5, 0.6) is 5.75 Å². The van der Waals surface area contributed by atoms with Crippen LogP contribution in [0.3, 0.4) is 0 Å². The number of carbonyl (C=O) groups is 3. The van der Waals surface area contributed by atoms with Crippen LogP contribution in [-0.4, -0.2) is 29.3 Å². The zero-order valence-corrected chi connectivity index (χ0v) is 20.5. The van der Waals surface area contributed by atoms with Crippen molar-refractivity contribution in [3.8, 4) is 5.75 Å². The van der Waals surface area contributed by atoms with Crippen molar-refractivity contribution < 1.29 is 19.1 Å². The zero-order valence-electron chi connectivity index (χ0n) is 18.4. The van der Waals surface area contributed by atoms with Gasteiger partial charge in [-0.1, -0.05) is 42.5 Å². The molecule has 4 rings (SSSR count). The molecule has 0 aliphatic carbocycles. The number of amides is 4. The number of halogens is 1. The van der Waals surface area contributed by atoms with Crippen LogP contribution in [-0.2, 0) is 16.2 Å². The van der Waals surface area contributed by atoms with Gasteiger partial charge >= 0.3 is 6.03 Å². The van der Waals surface area contributed by atoms with Gasteiger partial charge < -0.3 is 15.4 Å². The van der Waals surface area contributed by atoms with E-state index in [-0.39, 0.29) is 12.2 Å². The number of para-hydroxylation sites is 1. The van der Waals surface area contributed by atoms with Gasteiger partial charge in [0.05, 0.1) is 0 Å². The van der Waals surface area contributed by atoms with E-state index in [0.29, 0.717) is 23.6 Å². The lowest BCUT2D eigenvalue weighted by atomic mass is 10.1. The summed E-state index contributed by atoms with van der Waals surface area (Å²) in [6.07, 6.45) is 1.56. The first-order valence-electron chi connectivity index (χ1n) is 10.6. The monoisotopic (exact) mass is 567 g/mol. The molecule has 1 heterocycles. The number of benzene rings is 3. The summed E-state index contributed by atoms with van der Waals surface area (Å²) < 4.78 is 7.09. The average molecular weight is 567 g/mol. The molecule has 34 heavy (non-hydrogen) atoms. The van der Waals surface area contributed by atoms with Gasteiger partial charge in [0.1, 0.15) is 24.6 Å². The fourth-order valence-electron chi connectivity index (χ4n) is 3.41. The largest absolute Gasteiger partial charge is 0.488 e. The Morgan fingerprint density at radius 2 is 1.82 bits per heavy atom. The van der Waals surface area contributed by atoms with E-state index in [1.807, 2.05) is 61.5 Å². The third-order valence-corrected chi connectivity index (χ3v) is 5.81. The van der Waals surface area contributed by atoms with Gasteiger partial charge in [0.15, 0.2) is 0 Å². The summed E-state index contributed by atoms with van der Waals surface area (Å²) in [5.41, 5.74) is 3.33. The Balaban J connectivity index is 1.44. The molecule has 0 aromatic heterocycles. The fourth-order valence-corrected chi connectivity index (χ4v) is 3.77. The van der Waals surface area contributed by atoms with E-state index in [1.165, 1.54) is 0 Å². The molecule has 7 nitrogen and oxygen atoms in total. The standard InChI is InChI=1S/C26H22IN3O4/c1-17-5-4-7-21(13-17)28-24(31)15-30-25(32)22(29-26(30)33)14-19-6-2-3-8-23(19)34-16-18-9-11-20(27)12-10-18/h2-14H,15-16H2,1H3,(H,28,31)(H,29,33)/b22-14+. The first-order valence-corrected chi connectivity index (χ1v) is 11.6. The van der Waals surface area contributed by atoms with Crippen molar-refractivity contribution in [2.24, 2.45) is 0 Å². The Morgan fingerprint density at radius 1 is 1.06 bits per heavy atom. The lowest BCUT2D eigenvalue weighted by molar-refractivity contribution is -0.127. The molecule has 0 spiro atoms. The van der Waals surface area contributed by atoms with E-state index < -0.39 is 17.8 Å². The summed E-state index contributed by atoms with van der Waals surface area (Å²) in [5, 5.41) is 5.26. The van der Waals surface area contributed by atoms with Crippen molar-refractivity contribution in [2.45, 2.75) is 13.5 Å². The van der Waals surface area contributed by atoms with E-state index >= 15 is 0 Å². The molecule has 1 fully saturated rings.